The van der Waals surface area contributed by atoms with Gasteiger partial charge in [-0.15, -0.1) is 0 Å². The molecule has 10 rings (SSSR count). The van der Waals surface area contributed by atoms with E-state index in [9.17, 15) is 9.60 Å². The SMILES string of the molecule is [2H]c1c([2H])c(C2CCCCC2)c(-c2nc(-n3c4c([2H])c([2H])c([2H])c([2H])c4c4c([2H])c([2H])c([2H])c([2H])c43)cc(-n3c4c([2H])c([2H])c([2H])c([2H])c4c4c([2H])c([2H])c([2H])c([2H])c43)n2)c(C2CCCCC2)c1[2H]. The van der Waals surface area contributed by atoms with Gasteiger partial charge in [-0.3, -0.25) is 9.13 Å². The molecule has 3 aromatic heterocycles. The third-order valence-electron chi connectivity index (χ3n) is 10.4. The average Bonchev–Trinajstić information content (AvgIpc) is 3.91. The van der Waals surface area contributed by atoms with Crippen molar-refractivity contribution >= 4 is 43.6 Å². The number of rotatable bonds is 5. The van der Waals surface area contributed by atoms with Crippen molar-refractivity contribution < 1.29 is 26.0 Å². The molecule has 0 atom stereocenters. The van der Waals surface area contributed by atoms with Crippen molar-refractivity contribution in [1.29, 1.82) is 0 Å². The summed E-state index contributed by atoms with van der Waals surface area (Å²) in [5.74, 6) is -1.34. The first-order valence-corrected chi connectivity index (χ1v) is 17.3. The molecule has 4 nitrogen and oxygen atoms in total. The van der Waals surface area contributed by atoms with E-state index in [0.717, 1.165) is 47.7 Å². The zero-order chi connectivity index (χ0) is 49.6. The molecule has 0 N–H and O–H groups in total. The molecule has 2 fully saturated rings. The molecule has 0 unspecified atom stereocenters. The molecule has 0 spiro atoms. The first-order chi connectivity index (χ1) is 32.7. The van der Waals surface area contributed by atoms with E-state index in [4.69, 9.17) is 26.4 Å². The smallest absolute Gasteiger partial charge is 0.164 e. The van der Waals surface area contributed by atoms with Crippen LogP contribution in [-0.2, 0) is 0 Å². The van der Waals surface area contributed by atoms with Gasteiger partial charge in [-0.1, -0.05) is 129 Å². The molecular formula is C46H42N4. The minimum atomic E-state index is -0.696. The fraction of sp³-hybridized carbons (Fsp3) is 0.261. The van der Waals surface area contributed by atoms with E-state index in [1.54, 1.807) is 0 Å². The molecular weight excluding hydrogens is 609 g/mol. The maximum atomic E-state index is 9.56. The Morgan fingerprint density at radius 3 is 1.18 bits per heavy atom. The molecule has 0 saturated heterocycles. The number of hydrogen-bond donors (Lipinski definition) is 0. The third-order valence-corrected chi connectivity index (χ3v) is 10.4. The zero-order valence-corrected chi connectivity index (χ0v) is 27.1. The average molecular weight is 670 g/mol. The molecule has 5 aromatic carbocycles. The van der Waals surface area contributed by atoms with Crippen LogP contribution in [0.15, 0.2) is 121 Å². The van der Waals surface area contributed by atoms with E-state index >= 15 is 0 Å². The highest BCUT2D eigenvalue weighted by molar-refractivity contribution is 6.10. The Labute approximate surface area is 320 Å². The lowest BCUT2D eigenvalue weighted by Crippen LogP contribution is -2.13. The first kappa shape index (κ1) is 16.2. The largest absolute Gasteiger partial charge is 0.294 e. The van der Waals surface area contributed by atoms with Crippen molar-refractivity contribution in [2.24, 2.45) is 0 Å². The Kier molecular flexibility index (Phi) is 3.98. The van der Waals surface area contributed by atoms with Gasteiger partial charge in [0.15, 0.2) is 5.82 Å². The monoisotopic (exact) mass is 669 g/mol. The number of aromatic nitrogens is 4. The normalized spacial score (nSPS) is 21.6. The Hall–Kier alpha value is -5.22. The van der Waals surface area contributed by atoms with Crippen LogP contribution in [0, 0.1) is 0 Å². The van der Waals surface area contributed by atoms with E-state index in [1.807, 2.05) is 0 Å². The summed E-state index contributed by atoms with van der Waals surface area (Å²) in [7, 11) is 0. The maximum absolute atomic E-state index is 9.56. The highest BCUT2D eigenvalue weighted by Gasteiger charge is 2.28. The van der Waals surface area contributed by atoms with Crippen molar-refractivity contribution in [1.82, 2.24) is 19.1 Å². The molecule has 2 saturated carbocycles. The number of para-hydroxylation sites is 4. The summed E-state index contributed by atoms with van der Waals surface area (Å²) >= 11 is 0. The van der Waals surface area contributed by atoms with Gasteiger partial charge in [-0.05, 0) is 72.8 Å². The van der Waals surface area contributed by atoms with Crippen LogP contribution in [0.1, 0.15) is 113 Å². The lowest BCUT2D eigenvalue weighted by atomic mass is 9.76. The second-order valence-electron chi connectivity index (χ2n) is 13.2. The Bertz CT molecular complexity index is 3210. The van der Waals surface area contributed by atoms with Gasteiger partial charge in [0.05, 0.1) is 48.1 Å². The van der Waals surface area contributed by atoms with Gasteiger partial charge in [0.2, 0.25) is 0 Å². The summed E-state index contributed by atoms with van der Waals surface area (Å²) in [5.41, 5.74) is -0.103. The summed E-state index contributed by atoms with van der Waals surface area (Å²) in [4.78, 5) is 10.3. The highest BCUT2D eigenvalue weighted by Crippen LogP contribution is 2.45. The van der Waals surface area contributed by atoms with Crippen molar-refractivity contribution in [2.75, 3.05) is 0 Å². The second-order valence-corrected chi connectivity index (χ2v) is 13.2. The van der Waals surface area contributed by atoms with Crippen LogP contribution in [0.2, 0.25) is 0 Å². The van der Waals surface area contributed by atoms with Crippen LogP contribution in [-0.4, -0.2) is 19.1 Å². The molecule has 2 aliphatic rings. The van der Waals surface area contributed by atoms with Gasteiger partial charge in [0.1, 0.15) is 11.6 Å². The summed E-state index contributed by atoms with van der Waals surface area (Å²) in [6.45, 7) is 0. The predicted octanol–water partition coefficient (Wildman–Crippen LogP) is 12.4. The van der Waals surface area contributed by atoms with Crippen molar-refractivity contribution in [3.05, 3.63) is 132 Å². The lowest BCUT2D eigenvalue weighted by molar-refractivity contribution is 0.436. The molecule has 0 radical (unpaired) electrons. The van der Waals surface area contributed by atoms with Gasteiger partial charge in [0, 0.05) is 33.2 Å². The number of hydrogen-bond acceptors (Lipinski definition) is 2. The quantitative estimate of drug-likeness (QED) is 0.183. The fourth-order valence-electron chi connectivity index (χ4n) is 8.13. The minimum Gasteiger partial charge on any atom is -0.294 e. The van der Waals surface area contributed by atoms with Gasteiger partial charge < -0.3 is 0 Å². The maximum Gasteiger partial charge on any atom is 0.164 e. The molecule has 3 heterocycles. The van der Waals surface area contributed by atoms with E-state index in [1.165, 1.54) is 6.07 Å². The van der Waals surface area contributed by atoms with E-state index < -0.39 is 96.7 Å². The Morgan fingerprint density at radius 1 is 0.440 bits per heavy atom. The Morgan fingerprint density at radius 2 is 0.800 bits per heavy atom. The molecule has 0 bridgehead atoms. The van der Waals surface area contributed by atoms with Gasteiger partial charge in [-0.25, -0.2) is 9.97 Å². The van der Waals surface area contributed by atoms with Crippen LogP contribution < -0.4 is 0 Å². The van der Waals surface area contributed by atoms with Gasteiger partial charge >= 0.3 is 0 Å². The van der Waals surface area contributed by atoms with Gasteiger partial charge in [0.25, 0.3) is 0 Å². The molecule has 50 heavy (non-hydrogen) atoms. The fourth-order valence-corrected chi connectivity index (χ4v) is 8.13. The van der Waals surface area contributed by atoms with E-state index in [2.05, 4.69) is 0 Å². The summed E-state index contributed by atoms with van der Waals surface area (Å²) in [5, 5.41) is -1.01. The summed E-state index contributed by atoms with van der Waals surface area (Å²) in [6.07, 6.45) is 7.62. The summed E-state index contributed by atoms with van der Waals surface area (Å²) < 4.78 is 174. The third kappa shape index (κ3) is 4.80. The molecule has 2 aliphatic carbocycles. The summed E-state index contributed by atoms with van der Waals surface area (Å²) in [6, 6.07) is -9.87. The van der Waals surface area contributed by atoms with E-state index in [0.29, 0.717) is 36.8 Å². The van der Waals surface area contributed by atoms with Crippen LogP contribution in [0.3, 0.4) is 0 Å². The lowest BCUT2D eigenvalue weighted by Gasteiger charge is -2.29. The Balaban J connectivity index is 1.49. The second kappa shape index (κ2) is 12.3. The van der Waals surface area contributed by atoms with Crippen molar-refractivity contribution in [3.8, 4) is 23.0 Å². The first-order valence-electron chi connectivity index (χ1n) is 26.8. The molecule has 8 aromatic rings. The zero-order valence-electron chi connectivity index (χ0n) is 46.1. The van der Waals surface area contributed by atoms with Crippen LogP contribution in [0.4, 0.5) is 0 Å². The molecule has 0 aliphatic heterocycles. The van der Waals surface area contributed by atoms with E-state index in [-0.39, 0.29) is 96.6 Å². The van der Waals surface area contributed by atoms with Crippen molar-refractivity contribution in [3.63, 3.8) is 0 Å². The standard InChI is InChI=1S/C46H42N4/c1-3-16-31(17-4-1)33-24-15-25-34(32-18-5-2-6-19-32)45(33)46-47-43(49-39-26-11-7-20-35(39)36-21-8-12-27-40(36)49)30-44(48-46)50-41-28-13-9-22-37(41)38-23-10-14-29-42(38)50/h7-15,20-32H,1-6,16-19H2/i7D,8D,9D,10D,11D,12D,13D,14D,15D,20D,21D,22D,23D,24D,25D,26D,27D,28D,29D. The van der Waals surface area contributed by atoms with Crippen LogP contribution in [0.5, 0.6) is 0 Å². The topological polar surface area (TPSA) is 35.6 Å². The number of benzene rings is 5. The molecule has 4 heteroatoms. The van der Waals surface area contributed by atoms with Crippen LogP contribution >= 0.6 is 0 Å². The number of fused-ring (bicyclic) bond motifs is 6. The van der Waals surface area contributed by atoms with Gasteiger partial charge in [-0.2, -0.15) is 0 Å². The highest BCUT2D eigenvalue weighted by atomic mass is 15.1. The molecule has 246 valence electrons. The molecule has 0 amide bonds. The van der Waals surface area contributed by atoms with Crippen LogP contribution in [0.25, 0.3) is 66.6 Å². The minimum absolute atomic E-state index is 0.181. The predicted molar refractivity (Wildman–Crippen MR) is 208 cm³/mol. The van der Waals surface area contributed by atoms with Crippen molar-refractivity contribution in [2.45, 2.75) is 76.0 Å². The number of nitrogens with zero attached hydrogens (tertiary/aromatic N) is 4.